The third-order valence-corrected chi connectivity index (χ3v) is 4.11. The monoisotopic (exact) mass is 413 g/mol. The van der Waals surface area contributed by atoms with Gasteiger partial charge in [-0.1, -0.05) is 11.6 Å². The number of ether oxygens (including phenoxy) is 3. The summed E-state index contributed by atoms with van der Waals surface area (Å²) in [6, 6.07) is 3.13. The summed E-state index contributed by atoms with van der Waals surface area (Å²) < 4.78 is 16.2. The second-order valence-corrected chi connectivity index (χ2v) is 7.89. The van der Waals surface area contributed by atoms with Crippen molar-refractivity contribution in [1.82, 2.24) is 4.90 Å². The molecule has 0 fully saturated rings. The van der Waals surface area contributed by atoms with Crippen LogP contribution < -0.4 is 9.47 Å². The Balaban J connectivity index is 2.97. The zero-order chi connectivity index (χ0) is 21.6. The Hall–Kier alpha value is -2.28. The van der Waals surface area contributed by atoms with E-state index in [4.69, 9.17) is 25.8 Å². The minimum atomic E-state index is -0.676. The second kappa shape index (κ2) is 9.78. The lowest BCUT2D eigenvalue weighted by atomic mass is 10.1. The summed E-state index contributed by atoms with van der Waals surface area (Å²) in [5.41, 5.74) is 0.225. The van der Waals surface area contributed by atoms with Gasteiger partial charge >= 0.3 is 11.9 Å². The van der Waals surface area contributed by atoms with Crippen molar-refractivity contribution in [3.63, 3.8) is 0 Å². The first-order valence-corrected chi connectivity index (χ1v) is 9.25. The van der Waals surface area contributed by atoms with E-state index in [2.05, 4.69) is 0 Å². The van der Waals surface area contributed by atoms with Gasteiger partial charge in [0.2, 0.25) is 5.91 Å². The van der Waals surface area contributed by atoms with Crippen molar-refractivity contribution in [3.05, 3.63) is 22.7 Å². The van der Waals surface area contributed by atoms with E-state index in [1.54, 1.807) is 17.9 Å². The molecule has 1 aromatic rings. The highest BCUT2D eigenvalue weighted by Gasteiger charge is 2.28. The van der Waals surface area contributed by atoms with Gasteiger partial charge in [0.25, 0.3) is 0 Å². The summed E-state index contributed by atoms with van der Waals surface area (Å²) in [5.74, 6) is -0.355. The third-order valence-electron chi connectivity index (χ3n) is 3.82. The molecule has 1 aromatic carbocycles. The van der Waals surface area contributed by atoms with Gasteiger partial charge in [0.05, 0.1) is 11.6 Å². The molecule has 28 heavy (non-hydrogen) atoms. The molecule has 0 spiro atoms. The predicted molar refractivity (Wildman–Crippen MR) is 106 cm³/mol. The van der Waals surface area contributed by atoms with Crippen LogP contribution in [0.3, 0.4) is 0 Å². The number of halogens is 1. The van der Waals surface area contributed by atoms with Crippen molar-refractivity contribution in [3.8, 4) is 11.5 Å². The van der Waals surface area contributed by atoms with Gasteiger partial charge in [-0.2, -0.15) is 0 Å². The molecule has 0 radical (unpaired) electrons. The minimum absolute atomic E-state index is 0.00547. The normalized spacial score (nSPS) is 12.1. The van der Waals surface area contributed by atoms with Crippen LogP contribution in [-0.4, -0.2) is 47.5 Å². The van der Waals surface area contributed by atoms with Crippen molar-refractivity contribution >= 4 is 29.4 Å². The van der Waals surface area contributed by atoms with Crippen molar-refractivity contribution in [1.29, 1.82) is 0 Å². The van der Waals surface area contributed by atoms with E-state index in [1.165, 1.54) is 26.8 Å². The number of carbonyl (C=O) groups is 3. The smallest absolute Gasteiger partial charge is 0.308 e. The summed E-state index contributed by atoms with van der Waals surface area (Å²) in [4.78, 5) is 36.2. The van der Waals surface area contributed by atoms with Gasteiger partial charge < -0.3 is 19.1 Å². The fourth-order valence-corrected chi connectivity index (χ4v) is 2.84. The van der Waals surface area contributed by atoms with E-state index < -0.39 is 23.6 Å². The van der Waals surface area contributed by atoms with Crippen molar-refractivity contribution < 1.29 is 28.6 Å². The first-order chi connectivity index (χ1) is 12.8. The summed E-state index contributed by atoms with van der Waals surface area (Å²) in [6.07, 6.45) is -0.676. The highest BCUT2D eigenvalue weighted by atomic mass is 35.5. The Morgan fingerprint density at radius 2 is 1.68 bits per heavy atom. The summed E-state index contributed by atoms with van der Waals surface area (Å²) >= 11 is 6.21. The molecule has 0 aromatic heterocycles. The van der Waals surface area contributed by atoms with Gasteiger partial charge in [0.1, 0.15) is 18.1 Å². The van der Waals surface area contributed by atoms with Gasteiger partial charge in [0.15, 0.2) is 6.10 Å². The second-order valence-electron chi connectivity index (χ2n) is 7.48. The van der Waals surface area contributed by atoms with E-state index in [0.717, 1.165) is 0 Å². The van der Waals surface area contributed by atoms with Crippen LogP contribution in [0.15, 0.2) is 12.1 Å². The standard InChI is InChI=1S/C20H28ClNO6/c1-12-8-19(17(21)9-18(12)28-15(4)25)26-11-16(27-14(3)24)10-22(13(2)23)20(5,6)7/h8-9,16H,10-11H2,1-7H3. The van der Waals surface area contributed by atoms with Crippen LogP contribution >= 0.6 is 11.6 Å². The van der Waals surface area contributed by atoms with Gasteiger partial charge in [-0.15, -0.1) is 0 Å². The Morgan fingerprint density at radius 1 is 1.07 bits per heavy atom. The number of carbonyl (C=O) groups excluding carboxylic acids is 3. The fourth-order valence-electron chi connectivity index (χ4n) is 2.63. The molecule has 0 aliphatic rings. The number of benzene rings is 1. The maximum atomic E-state index is 12.0. The first-order valence-electron chi connectivity index (χ1n) is 8.88. The van der Waals surface area contributed by atoms with E-state index in [9.17, 15) is 14.4 Å². The number of aryl methyl sites for hydroxylation is 1. The van der Waals surface area contributed by atoms with E-state index in [1.807, 2.05) is 20.8 Å². The Bertz CT molecular complexity index is 741. The van der Waals surface area contributed by atoms with Crippen molar-refractivity contribution in [2.75, 3.05) is 13.2 Å². The molecular formula is C20H28ClNO6. The molecule has 7 nitrogen and oxygen atoms in total. The van der Waals surface area contributed by atoms with E-state index in [0.29, 0.717) is 17.1 Å². The molecule has 156 valence electrons. The Labute approximate surface area is 170 Å². The molecule has 1 unspecified atom stereocenters. The molecule has 1 atom stereocenters. The van der Waals surface area contributed by atoms with Crippen LogP contribution in [0.1, 0.15) is 47.1 Å². The molecule has 0 saturated carbocycles. The summed E-state index contributed by atoms with van der Waals surface area (Å²) in [6.45, 7) is 11.7. The zero-order valence-electron chi connectivity index (χ0n) is 17.4. The number of nitrogens with zero attached hydrogens (tertiary/aromatic N) is 1. The average Bonchev–Trinajstić information content (AvgIpc) is 2.51. The summed E-state index contributed by atoms with van der Waals surface area (Å²) in [7, 11) is 0. The van der Waals surface area contributed by atoms with Crippen LogP contribution in [0.25, 0.3) is 0 Å². The number of hydrogen-bond acceptors (Lipinski definition) is 6. The van der Waals surface area contributed by atoms with Crippen LogP contribution in [0.2, 0.25) is 5.02 Å². The van der Waals surface area contributed by atoms with Crippen LogP contribution in [-0.2, 0) is 19.1 Å². The molecule has 8 heteroatoms. The number of esters is 2. The highest BCUT2D eigenvalue weighted by molar-refractivity contribution is 6.32. The van der Waals surface area contributed by atoms with Crippen LogP contribution in [0.5, 0.6) is 11.5 Å². The molecule has 0 bridgehead atoms. The molecular weight excluding hydrogens is 386 g/mol. The average molecular weight is 414 g/mol. The highest BCUT2D eigenvalue weighted by Crippen LogP contribution is 2.32. The molecule has 0 saturated heterocycles. The maximum absolute atomic E-state index is 12.0. The number of rotatable bonds is 7. The molecule has 1 rings (SSSR count). The van der Waals surface area contributed by atoms with E-state index in [-0.39, 0.29) is 24.1 Å². The van der Waals surface area contributed by atoms with Gasteiger partial charge in [-0.3, -0.25) is 14.4 Å². The van der Waals surface area contributed by atoms with Gasteiger partial charge in [-0.25, -0.2) is 0 Å². The maximum Gasteiger partial charge on any atom is 0.308 e. The third kappa shape index (κ3) is 7.38. The lowest BCUT2D eigenvalue weighted by Gasteiger charge is -2.37. The predicted octanol–water partition coefficient (Wildman–Crippen LogP) is 3.53. The van der Waals surface area contributed by atoms with Gasteiger partial charge in [-0.05, 0) is 39.3 Å². The molecule has 0 aliphatic carbocycles. The lowest BCUT2D eigenvalue weighted by molar-refractivity contribution is -0.153. The largest absolute Gasteiger partial charge is 0.488 e. The van der Waals surface area contributed by atoms with Crippen molar-refractivity contribution in [2.24, 2.45) is 0 Å². The molecule has 0 N–H and O–H groups in total. The first kappa shape index (κ1) is 23.8. The lowest BCUT2D eigenvalue weighted by Crippen LogP contribution is -2.50. The number of amides is 1. The SMILES string of the molecule is CC(=O)Oc1cc(Cl)c(OCC(CN(C(C)=O)C(C)(C)C)OC(C)=O)cc1C. The van der Waals surface area contributed by atoms with Crippen LogP contribution in [0.4, 0.5) is 0 Å². The van der Waals surface area contributed by atoms with Gasteiger partial charge in [0, 0.05) is 32.4 Å². The fraction of sp³-hybridized carbons (Fsp3) is 0.550. The quantitative estimate of drug-likeness (QED) is 0.502. The topological polar surface area (TPSA) is 82.1 Å². The zero-order valence-corrected chi connectivity index (χ0v) is 18.2. The number of hydrogen-bond donors (Lipinski definition) is 0. The van der Waals surface area contributed by atoms with E-state index >= 15 is 0 Å². The van der Waals surface area contributed by atoms with Crippen molar-refractivity contribution in [2.45, 2.75) is 60.1 Å². The molecule has 0 aliphatic heterocycles. The molecule has 1 amide bonds. The Kier molecular flexibility index (Phi) is 8.29. The molecule has 0 heterocycles. The summed E-state index contributed by atoms with van der Waals surface area (Å²) in [5, 5.41) is 0.252. The minimum Gasteiger partial charge on any atom is -0.488 e. The Morgan fingerprint density at radius 3 is 2.14 bits per heavy atom. The van der Waals surface area contributed by atoms with Crippen LogP contribution in [0, 0.1) is 6.92 Å².